The third kappa shape index (κ3) is 1.73. The molecule has 0 aliphatic carbocycles. The summed E-state index contributed by atoms with van der Waals surface area (Å²) in [6.07, 6.45) is 0. The number of rotatable bonds is 2. The minimum absolute atomic E-state index is 0.394. The molecule has 0 aliphatic rings. The summed E-state index contributed by atoms with van der Waals surface area (Å²) < 4.78 is 16.2. The monoisotopic (exact) mass is 256 g/mol. The highest BCUT2D eigenvalue weighted by molar-refractivity contribution is 6.00. The lowest BCUT2D eigenvalue weighted by atomic mass is 10.1. The van der Waals surface area contributed by atoms with Crippen LogP contribution in [0.25, 0.3) is 27.5 Å². The summed E-state index contributed by atoms with van der Waals surface area (Å²) in [4.78, 5) is 11.3. The molecule has 4 heteroatoms. The molecule has 0 saturated carbocycles. The summed E-state index contributed by atoms with van der Waals surface area (Å²) in [6, 6.07) is 6.88. The molecular formula is C15H12O4. The fraction of sp³-hybridized carbons (Fsp3) is 0.133. The third-order valence-electron chi connectivity index (χ3n) is 2.97. The first-order valence-electron chi connectivity index (χ1n) is 5.80. The van der Waals surface area contributed by atoms with E-state index in [1.807, 2.05) is 19.1 Å². The van der Waals surface area contributed by atoms with Crippen LogP contribution >= 0.6 is 0 Å². The zero-order chi connectivity index (χ0) is 13.6. The number of benzene rings is 1. The molecule has 0 saturated heterocycles. The minimum Gasteiger partial charge on any atom is -0.490 e. The third-order valence-corrected chi connectivity index (χ3v) is 2.97. The van der Waals surface area contributed by atoms with E-state index in [2.05, 4.69) is 6.58 Å². The SMILES string of the molecule is C=C(C)c1cc2cc3ccc(=O)oc3c(OC)c2o1. The van der Waals surface area contributed by atoms with Gasteiger partial charge in [0.1, 0.15) is 5.76 Å². The Balaban J connectivity index is 2.49. The van der Waals surface area contributed by atoms with E-state index in [9.17, 15) is 4.79 Å². The Kier molecular flexibility index (Phi) is 2.45. The van der Waals surface area contributed by atoms with E-state index in [0.717, 1.165) is 16.3 Å². The highest BCUT2D eigenvalue weighted by atomic mass is 16.5. The van der Waals surface area contributed by atoms with Crippen molar-refractivity contribution < 1.29 is 13.6 Å². The molecule has 0 aliphatic heterocycles. The highest BCUT2D eigenvalue weighted by Crippen LogP contribution is 2.37. The van der Waals surface area contributed by atoms with Gasteiger partial charge in [0.2, 0.25) is 5.75 Å². The maximum atomic E-state index is 11.3. The second kappa shape index (κ2) is 4.02. The summed E-state index contributed by atoms with van der Waals surface area (Å²) in [6.45, 7) is 5.72. The van der Waals surface area contributed by atoms with Crippen molar-refractivity contribution in [2.75, 3.05) is 7.11 Å². The van der Waals surface area contributed by atoms with Crippen LogP contribution in [0.2, 0.25) is 0 Å². The zero-order valence-electron chi connectivity index (χ0n) is 10.6. The molecule has 3 rings (SSSR count). The molecule has 0 radical (unpaired) electrons. The molecule has 19 heavy (non-hydrogen) atoms. The molecule has 0 amide bonds. The molecule has 0 N–H and O–H groups in total. The Morgan fingerprint density at radius 3 is 2.58 bits per heavy atom. The minimum atomic E-state index is -0.420. The molecule has 2 heterocycles. The standard InChI is InChI=1S/C15H12O4/c1-8(2)11-7-10-6-9-4-5-12(16)19-13(9)15(17-3)14(10)18-11/h4-7H,1H2,2-3H3. The van der Waals surface area contributed by atoms with E-state index in [0.29, 0.717) is 22.7 Å². The summed E-state index contributed by atoms with van der Waals surface area (Å²) in [5, 5.41) is 1.68. The van der Waals surface area contributed by atoms with Crippen LogP contribution in [0.3, 0.4) is 0 Å². The summed E-state index contributed by atoms with van der Waals surface area (Å²) in [7, 11) is 1.52. The van der Waals surface area contributed by atoms with Crippen LogP contribution in [0.4, 0.5) is 0 Å². The lowest BCUT2D eigenvalue weighted by Gasteiger charge is -2.04. The van der Waals surface area contributed by atoms with Gasteiger partial charge in [0.25, 0.3) is 0 Å². The Morgan fingerprint density at radius 2 is 1.89 bits per heavy atom. The first-order valence-corrected chi connectivity index (χ1v) is 5.80. The van der Waals surface area contributed by atoms with Gasteiger partial charge in [0.05, 0.1) is 7.11 Å². The molecule has 0 atom stereocenters. The van der Waals surface area contributed by atoms with Crippen LogP contribution in [-0.2, 0) is 0 Å². The molecule has 0 bridgehead atoms. The molecular weight excluding hydrogens is 244 g/mol. The lowest BCUT2D eigenvalue weighted by molar-refractivity contribution is 0.402. The molecule has 0 fully saturated rings. The van der Waals surface area contributed by atoms with Gasteiger partial charge in [-0.05, 0) is 30.7 Å². The number of fused-ring (bicyclic) bond motifs is 2. The quantitative estimate of drug-likeness (QED) is 0.657. The molecule has 4 nitrogen and oxygen atoms in total. The highest BCUT2D eigenvalue weighted by Gasteiger charge is 2.15. The van der Waals surface area contributed by atoms with Gasteiger partial charge in [-0.15, -0.1) is 0 Å². The van der Waals surface area contributed by atoms with E-state index in [1.165, 1.54) is 13.2 Å². The van der Waals surface area contributed by atoms with Crippen molar-refractivity contribution in [1.82, 2.24) is 0 Å². The maximum Gasteiger partial charge on any atom is 0.336 e. The van der Waals surface area contributed by atoms with Crippen LogP contribution in [0.15, 0.2) is 44.5 Å². The van der Waals surface area contributed by atoms with Crippen molar-refractivity contribution in [3.63, 3.8) is 0 Å². The second-order valence-corrected chi connectivity index (χ2v) is 4.39. The molecule has 1 aromatic carbocycles. The smallest absolute Gasteiger partial charge is 0.336 e. The number of furan rings is 1. The zero-order valence-corrected chi connectivity index (χ0v) is 10.6. The lowest BCUT2D eigenvalue weighted by Crippen LogP contribution is -1.96. The van der Waals surface area contributed by atoms with Crippen molar-refractivity contribution in [2.45, 2.75) is 6.92 Å². The van der Waals surface area contributed by atoms with Crippen LogP contribution in [0.5, 0.6) is 5.75 Å². The van der Waals surface area contributed by atoms with Crippen molar-refractivity contribution in [3.8, 4) is 5.75 Å². The average Bonchev–Trinajstić information content (AvgIpc) is 2.79. The number of methoxy groups -OCH3 is 1. The van der Waals surface area contributed by atoms with Crippen LogP contribution in [0.1, 0.15) is 12.7 Å². The van der Waals surface area contributed by atoms with Gasteiger partial charge in [-0.3, -0.25) is 0 Å². The van der Waals surface area contributed by atoms with Crippen LogP contribution in [-0.4, -0.2) is 7.11 Å². The van der Waals surface area contributed by atoms with Crippen molar-refractivity contribution in [3.05, 3.63) is 47.0 Å². The number of hydrogen-bond donors (Lipinski definition) is 0. The number of hydrogen-bond acceptors (Lipinski definition) is 4. The van der Waals surface area contributed by atoms with E-state index in [4.69, 9.17) is 13.6 Å². The Labute approximate surface area is 108 Å². The van der Waals surface area contributed by atoms with E-state index < -0.39 is 5.63 Å². The van der Waals surface area contributed by atoms with Crippen molar-refractivity contribution in [2.24, 2.45) is 0 Å². The van der Waals surface area contributed by atoms with Crippen LogP contribution in [0, 0.1) is 0 Å². The predicted molar refractivity (Wildman–Crippen MR) is 73.5 cm³/mol. The summed E-state index contributed by atoms with van der Waals surface area (Å²) in [5.74, 6) is 1.11. The van der Waals surface area contributed by atoms with E-state index >= 15 is 0 Å². The van der Waals surface area contributed by atoms with Gasteiger partial charge in [0, 0.05) is 16.8 Å². The first kappa shape index (κ1) is 11.6. The van der Waals surface area contributed by atoms with E-state index in [-0.39, 0.29) is 0 Å². The molecule has 96 valence electrons. The number of allylic oxidation sites excluding steroid dienone is 1. The van der Waals surface area contributed by atoms with Crippen LogP contribution < -0.4 is 10.4 Å². The Bertz CT molecular complexity index is 852. The normalized spacial score (nSPS) is 11.1. The van der Waals surface area contributed by atoms with E-state index in [1.54, 1.807) is 6.07 Å². The van der Waals surface area contributed by atoms with Gasteiger partial charge in [-0.1, -0.05) is 6.58 Å². The Hall–Kier alpha value is -2.49. The van der Waals surface area contributed by atoms with Gasteiger partial charge in [-0.25, -0.2) is 4.79 Å². The predicted octanol–water partition coefficient (Wildman–Crippen LogP) is 3.58. The maximum absolute atomic E-state index is 11.3. The largest absolute Gasteiger partial charge is 0.490 e. The average molecular weight is 256 g/mol. The van der Waals surface area contributed by atoms with Gasteiger partial charge in [-0.2, -0.15) is 0 Å². The van der Waals surface area contributed by atoms with Gasteiger partial charge < -0.3 is 13.6 Å². The fourth-order valence-corrected chi connectivity index (χ4v) is 2.07. The Morgan fingerprint density at radius 1 is 1.16 bits per heavy atom. The molecule has 0 unspecified atom stereocenters. The van der Waals surface area contributed by atoms with Gasteiger partial charge >= 0.3 is 5.63 Å². The molecule has 0 spiro atoms. The van der Waals surface area contributed by atoms with Gasteiger partial charge in [0.15, 0.2) is 11.2 Å². The topological polar surface area (TPSA) is 52.6 Å². The second-order valence-electron chi connectivity index (χ2n) is 4.39. The molecule has 2 aromatic heterocycles. The molecule has 3 aromatic rings. The first-order chi connectivity index (χ1) is 9.10. The van der Waals surface area contributed by atoms with Crippen molar-refractivity contribution in [1.29, 1.82) is 0 Å². The van der Waals surface area contributed by atoms with Crippen molar-refractivity contribution >= 4 is 27.5 Å². The fourth-order valence-electron chi connectivity index (χ4n) is 2.07. The summed E-state index contributed by atoms with van der Waals surface area (Å²) in [5.41, 5.74) is 1.35. The number of ether oxygens (including phenoxy) is 1. The summed E-state index contributed by atoms with van der Waals surface area (Å²) >= 11 is 0.